The fourth-order valence-corrected chi connectivity index (χ4v) is 3.73. The van der Waals surface area contributed by atoms with Crippen molar-refractivity contribution in [1.29, 1.82) is 0 Å². The highest BCUT2D eigenvalue weighted by Crippen LogP contribution is 2.40. The highest BCUT2D eigenvalue weighted by Gasteiger charge is 2.23. The molecule has 0 unspecified atom stereocenters. The van der Waals surface area contributed by atoms with Gasteiger partial charge in [-0.3, -0.25) is 0 Å². The lowest BCUT2D eigenvalue weighted by Crippen LogP contribution is -2.35. The lowest BCUT2D eigenvalue weighted by atomic mass is 9.96. The number of nitrogens with zero attached hydrogens (tertiary/aromatic N) is 2. The molecule has 0 N–H and O–H groups in total. The summed E-state index contributed by atoms with van der Waals surface area (Å²) in [6.45, 7) is -0.386. The average molecular weight is 342 g/mol. The maximum Gasteiger partial charge on any atom is 0.242 e. The predicted molar refractivity (Wildman–Crippen MR) is 105 cm³/mol. The summed E-state index contributed by atoms with van der Waals surface area (Å²) in [5.41, 5.74) is 4.05. The first-order valence-corrected chi connectivity index (χ1v) is 8.56. The van der Waals surface area contributed by atoms with Crippen LogP contribution in [0.25, 0.3) is 44.0 Å². The van der Waals surface area contributed by atoms with Gasteiger partial charge in [0.05, 0.1) is 11.8 Å². The van der Waals surface area contributed by atoms with Gasteiger partial charge in [-0.1, -0.05) is 35.0 Å². The minimum absolute atomic E-state index is 0.333. The van der Waals surface area contributed by atoms with Gasteiger partial charge in [0.1, 0.15) is 11.2 Å². The molecular formula is C23H19N2O+. The van der Waals surface area contributed by atoms with Gasteiger partial charge in [0.2, 0.25) is 5.69 Å². The summed E-state index contributed by atoms with van der Waals surface area (Å²) in [7, 11) is 1.85. The Labute approximate surface area is 155 Å². The van der Waals surface area contributed by atoms with E-state index in [1.165, 1.54) is 0 Å². The number of rotatable bonds is 1. The Morgan fingerprint density at radius 3 is 2.69 bits per heavy atom. The molecule has 0 atom stereocenters. The molecule has 0 fully saturated rings. The van der Waals surface area contributed by atoms with E-state index < -0.39 is 6.85 Å². The topological polar surface area (TPSA) is 29.9 Å². The van der Waals surface area contributed by atoms with Crippen molar-refractivity contribution in [2.75, 3.05) is 0 Å². The first-order chi connectivity index (χ1) is 13.9. The zero-order valence-electron chi connectivity index (χ0n) is 17.6. The maximum atomic E-state index is 8.07. The van der Waals surface area contributed by atoms with E-state index in [0.717, 1.165) is 38.4 Å². The summed E-state index contributed by atoms with van der Waals surface area (Å²) in [5.74, 6) is 0. The van der Waals surface area contributed by atoms with Crippen molar-refractivity contribution in [1.82, 2.24) is 5.10 Å². The zero-order valence-corrected chi connectivity index (χ0v) is 14.6. The van der Waals surface area contributed by atoms with E-state index in [-0.39, 0.29) is 0 Å². The Morgan fingerprint density at radius 1 is 0.962 bits per heavy atom. The fraction of sp³-hybridized carbons (Fsp3) is 0.130. The van der Waals surface area contributed by atoms with Gasteiger partial charge in [0.15, 0.2) is 7.05 Å². The molecule has 126 valence electrons. The number of hydrogen-bond donors (Lipinski definition) is 0. The molecule has 0 saturated heterocycles. The minimum atomic E-state index is -2.23. The molecule has 0 saturated carbocycles. The van der Waals surface area contributed by atoms with Gasteiger partial charge in [-0.05, 0) is 53.6 Å². The average Bonchev–Trinajstić information content (AvgIpc) is 3.06. The molecule has 0 aliphatic carbocycles. The highest BCUT2D eigenvalue weighted by molar-refractivity contribution is 6.17. The Kier molecular flexibility index (Phi) is 2.53. The zero-order chi connectivity index (χ0) is 20.3. The molecule has 2 aromatic heterocycles. The van der Waals surface area contributed by atoms with Gasteiger partial charge < -0.3 is 4.42 Å². The van der Waals surface area contributed by atoms with Crippen LogP contribution in [0, 0.1) is 13.8 Å². The molecule has 2 heterocycles. The molecule has 3 nitrogen and oxygen atoms in total. The molecule has 5 rings (SSSR count). The molecule has 26 heavy (non-hydrogen) atoms. The van der Waals surface area contributed by atoms with Crippen LogP contribution in [0.15, 0.2) is 65.2 Å². The van der Waals surface area contributed by atoms with E-state index in [9.17, 15) is 0 Å². The van der Waals surface area contributed by atoms with Gasteiger partial charge in [-0.2, -0.15) is 0 Å². The summed E-state index contributed by atoms with van der Waals surface area (Å²) in [6, 6.07) is 17.7. The Bertz CT molecular complexity index is 1420. The SMILES string of the molecule is [2H]C([2H])([2H])c1cc2c(oc3c4ccccc4ccc23)c(-c2cccn[n+]2C)c1C. The summed E-state index contributed by atoms with van der Waals surface area (Å²) >= 11 is 0. The smallest absolute Gasteiger partial charge is 0.242 e. The summed E-state index contributed by atoms with van der Waals surface area (Å²) < 4.78 is 32.4. The molecule has 0 spiro atoms. The number of benzene rings is 3. The molecule has 0 aliphatic heterocycles. The molecule has 0 bridgehead atoms. The van der Waals surface area contributed by atoms with E-state index in [1.807, 2.05) is 62.5 Å². The largest absolute Gasteiger partial charge is 0.454 e. The molecule has 0 amide bonds. The maximum absolute atomic E-state index is 8.07. The lowest BCUT2D eigenvalue weighted by Gasteiger charge is -2.07. The van der Waals surface area contributed by atoms with Crippen LogP contribution in [-0.2, 0) is 7.05 Å². The standard InChI is InChI=1S/C23H19N2O/c1-14-13-19-18-11-10-16-7-4-5-8-17(16)22(18)26-23(19)21(15(14)2)20-9-6-12-24-25(20)3/h4-13H,1-3H3/q+1/i1D3. The van der Waals surface area contributed by atoms with Crippen molar-refractivity contribution in [3.8, 4) is 11.3 Å². The van der Waals surface area contributed by atoms with Gasteiger partial charge in [-0.15, -0.1) is 0 Å². The van der Waals surface area contributed by atoms with Gasteiger partial charge in [-0.25, -0.2) is 0 Å². The monoisotopic (exact) mass is 342 g/mol. The second kappa shape index (κ2) is 5.40. The molecule has 3 heteroatoms. The van der Waals surface area contributed by atoms with Crippen LogP contribution >= 0.6 is 0 Å². The third-order valence-electron chi connectivity index (χ3n) is 5.10. The predicted octanol–water partition coefficient (Wildman–Crippen LogP) is 5.24. The van der Waals surface area contributed by atoms with Crippen molar-refractivity contribution >= 4 is 32.7 Å². The first-order valence-electron chi connectivity index (χ1n) is 10.1. The first kappa shape index (κ1) is 12.2. The van der Waals surface area contributed by atoms with Crippen LogP contribution in [0.3, 0.4) is 0 Å². The summed E-state index contributed by atoms with van der Waals surface area (Å²) in [5, 5.41) is 8.15. The van der Waals surface area contributed by atoms with E-state index in [2.05, 4.69) is 5.10 Å². The van der Waals surface area contributed by atoms with Crippen molar-refractivity contribution in [2.45, 2.75) is 13.8 Å². The third-order valence-corrected chi connectivity index (χ3v) is 5.10. The van der Waals surface area contributed by atoms with Crippen LogP contribution in [0.4, 0.5) is 0 Å². The quantitative estimate of drug-likeness (QED) is 0.390. The number of hydrogen-bond acceptors (Lipinski definition) is 2. The van der Waals surface area contributed by atoms with Gasteiger partial charge >= 0.3 is 0 Å². The van der Waals surface area contributed by atoms with Crippen molar-refractivity contribution in [3.05, 3.63) is 71.9 Å². The van der Waals surface area contributed by atoms with Gasteiger partial charge in [0, 0.05) is 26.3 Å². The molecule has 5 aromatic rings. The van der Waals surface area contributed by atoms with E-state index >= 15 is 0 Å². The van der Waals surface area contributed by atoms with E-state index in [1.54, 1.807) is 16.9 Å². The van der Waals surface area contributed by atoms with Crippen LogP contribution in [-0.4, -0.2) is 5.10 Å². The lowest BCUT2D eigenvalue weighted by molar-refractivity contribution is -0.720. The summed E-state index contributed by atoms with van der Waals surface area (Å²) in [6.07, 6.45) is 1.70. The molecule has 3 aromatic carbocycles. The number of fused-ring (bicyclic) bond motifs is 5. The fourth-order valence-electron chi connectivity index (χ4n) is 3.73. The van der Waals surface area contributed by atoms with Gasteiger partial charge in [0.25, 0.3) is 0 Å². The highest BCUT2D eigenvalue weighted by atomic mass is 16.3. The van der Waals surface area contributed by atoms with Crippen molar-refractivity contribution in [2.24, 2.45) is 7.05 Å². The Balaban J connectivity index is 2.02. The van der Waals surface area contributed by atoms with E-state index in [4.69, 9.17) is 8.53 Å². The van der Waals surface area contributed by atoms with Crippen LogP contribution in [0.5, 0.6) is 0 Å². The van der Waals surface area contributed by atoms with Crippen LogP contribution < -0.4 is 4.68 Å². The van der Waals surface area contributed by atoms with Crippen LogP contribution in [0.2, 0.25) is 0 Å². The minimum Gasteiger partial charge on any atom is -0.454 e. The molecule has 0 radical (unpaired) electrons. The summed E-state index contributed by atoms with van der Waals surface area (Å²) in [4.78, 5) is 0. The molecular weight excluding hydrogens is 320 g/mol. The van der Waals surface area contributed by atoms with Crippen molar-refractivity contribution in [3.63, 3.8) is 0 Å². The normalized spacial score (nSPS) is 13.8. The van der Waals surface area contributed by atoms with Crippen LogP contribution in [0.1, 0.15) is 15.2 Å². The van der Waals surface area contributed by atoms with E-state index in [0.29, 0.717) is 16.7 Å². The van der Waals surface area contributed by atoms with Crippen molar-refractivity contribution < 1.29 is 13.2 Å². The third kappa shape index (κ3) is 2.00. The number of furan rings is 1. The Hall–Kier alpha value is -3.20. The Morgan fingerprint density at radius 2 is 1.85 bits per heavy atom. The second-order valence-electron chi connectivity index (χ2n) is 6.60. The second-order valence-corrected chi connectivity index (χ2v) is 6.60. The number of aromatic nitrogens is 2. The molecule has 0 aliphatic rings. The number of aryl methyl sites for hydroxylation is 2.